The third-order valence-electron chi connectivity index (χ3n) is 3.46. The predicted molar refractivity (Wildman–Crippen MR) is 102 cm³/mol. The molecule has 5 heteroatoms. The molecule has 0 unspecified atom stereocenters. The zero-order valence-corrected chi connectivity index (χ0v) is 15.3. The van der Waals surface area contributed by atoms with Crippen LogP contribution in [0.25, 0.3) is 10.9 Å². The Morgan fingerprint density at radius 1 is 1.19 bits per heavy atom. The monoisotopic (exact) mass is 400 g/mol. The van der Waals surface area contributed by atoms with Gasteiger partial charge >= 0.3 is 0 Å². The van der Waals surface area contributed by atoms with Crippen molar-refractivity contribution in [1.29, 1.82) is 0 Å². The maximum absolute atomic E-state index is 4.22. The Kier molecular flexibility index (Phi) is 7.56. The number of nitrogens with zero attached hydrogens (tertiary/aromatic N) is 1. The van der Waals surface area contributed by atoms with Gasteiger partial charge in [0.2, 0.25) is 0 Å². The molecule has 116 valence electrons. The van der Waals surface area contributed by atoms with Gasteiger partial charge in [-0.05, 0) is 31.4 Å². The van der Waals surface area contributed by atoms with Crippen molar-refractivity contribution >= 4 is 40.8 Å². The van der Waals surface area contributed by atoms with E-state index in [-0.39, 0.29) is 24.0 Å². The molecule has 0 aliphatic heterocycles. The van der Waals surface area contributed by atoms with Gasteiger partial charge in [-0.2, -0.15) is 0 Å². The van der Waals surface area contributed by atoms with Crippen molar-refractivity contribution in [3.8, 4) is 0 Å². The first-order valence-corrected chi connectivity index (χ1v) is 7.27. The lowest BCUT2D eigenvalue weighted by atomic mass is 10.1. The molecule has 0 amide bonds. The zero-order chi connectivity index (χ0) is 14.4. The molecular formula is C16H25IN4. The fraction of sp³-hybridized carbons (Fsp3) is 0.438. The van der Waals surface area contributed by atoms with Crippen LogP contribution in [0.3, 0.4) is 0 Å². The van der Waals surface area contributed by atoms with Crippen molar-refractivity contribution in [1.82, 2.24) is 15.6 Å². The van der Waals surface area contributed by atoms with Gasteiger partial charge in [0.1, 0.15) is 0 Å². The number of aryl methyl sites for hydroxylation is 1. The Morgan fingerprint density at radius 3 is 2.62 bits per heavy atom. The van der Waals surface area contributed by atoms with E-state index in [1.54, 1.807) is 0 Å². The molecule has 1 heterocycles. The molecule has 0 saturated carbocycles. The van der Waals surface area contributed by atoms with E-state index < -0.39 is 0 Å². The molecule has 21 heavy (non-hydrogen) atoms. The Hall–Kier alpha value is -1.24. The number of fused-ring (bicyclic) bond motifs is 1. The first-order chi connectivity index (χ1) is 9.76. The van der Waals surface area contributed by atoms with Crippen molar-refractivity contribution < 1.29 is 0 Å². The fourth-order valence-corrected chi connectivity index (χ4v) is 2.43. The SMILES string of the molecule is CCCNC(=NC)NCCc1c(C)[nH]c2ccccc12.I. The predicted octanol–water partition coefficient (Wildman–Crippen LogP) is 3.21. The lowest BCUT2D eigenvalue weighted by molar-refractivity contribution is 0.773. The lowest BCUT2D eigenvalue weighted by Crippen LogP contribution is -2.38. The van der Waals surface area contributed by atoms with Crippen molar-refractivity contribution in [2.75, 3.05) is 20.1 Å². The topological polar surface area (TPSA) is 52.2 Å². The summed E-state index contributed by atoms with van der Waals surface area (Å²) in [5, 5.41) is 7.96. The highest BCUT2D eigenvalue weighted by Crippen LogP contribution is 2.21. The normalized spacial score (nSPS) is 11.3. The van der Waals surface area contributed by atoms with Gasteiger partial charge in [-0.3, -0.25) is 4.99 Å². The molecule has 0 aliphatic carbocycles. The highest BCUT2D eigenvalue weighted by molar-refractivity contribution is 14.0. The first kappa shape index (κ1) is 17.8. The van der Waals surface area contributed by atoms with E-state index in [0.717, 1.165) is 31.9 Å². The number of benzene rings is 1. The number of aromatic nitrogens is 1. The summed E-state index contributed by atoms with van der Waals surface area (Å²) >= 11 is 0. The molecule has 3 N–H and O–H groups in total. The number of aliphatic imine (C=N–C) groups is 1. The summed E-state index contributed by atoms with van der Waals surface area (Å²) in [5.41, 5.74) is 3.86. The van der Waals surface area contributed by atoms with Crippen LogP contribution in [0.2, 0.25) is 0 Å². The van der Waals surface area contributed by atoms with E-state index in [2.05, 4.69) is 58.7 Å². The highest BCUT2D eigenvalue weighted by Gasteiger charge is 2.07. The third kappa shape index (κ3) is 4.62. The maximum Gasteiger partial charge on any atom is 0.190 e. The number of hydrogen-bond acceptors (Lipinski definition) is 1. The number of halogens is 1. The van der Waals surface area contributed by atoms with Gasteiger partial charge in [-0.1, -0.05) is 25.1 Å². The number of nitrogens with one attached hydrogen (secondary N) is 3. The Morgan fingerprint density at radius 2 is 1.90 bits per heavy atom. The largest absolute Gasteiger partial charge is 0.358 e. The summed E-state index contributed by atoms with van der Waals surface area (Å²) in [4.78, 5) is 7.66. The molecular weight excluding hydrogens is 375 g/mol. The highest BCUT2D eigenvalue weighted by atomic mass is 127. The number of rotatable bonds is 5. The molecule has 2 rings (SSSR count). The zero-order valence-electron chi connectivity index (χ0n) is 13.0. The molecule has 0 saturated heterocycles. The lowest BCUT2D eigenvalue weighted by Gasteiger charge is -2.11. The minimum absolute atomic E-state index is 0. The average Bonchev–Trinajstić information content (AvgIpc) is 2.78. The molecule has 0 radical (unpaired) electrons. The number of guanidine groups is 1. The van der Waals surface area contributed by atoms with Gasteiger partial charge in [0, 0.05) is 36.7 Å². The summed E-state index contributed by atoms with van der Waals surface area (Å²) < 4.78 is 0. The fourth-order valence-electron chi connectivity index (χ4n) is 2.43. The van der Waals surface area contributed by atoms with E-state index in [9.17, 15) is 0 Å². The summed E-state index contributed by atoms with van der Waals surface area (Å²) in [6.07, 6.45) is 2.09. The molecule has 1 aromatic carbocycles. The summed E-state index contributed by atoms with van der Waals surface area (Å²) in [6, 6.07) is 8.46. The third-order valence-corrected chi connectivity index (χ3v) is 3.46. The summed E-state index contributed by atoms with van der Waals surface area (Å²) in [5.74, 6) is 0.879. The van der Waals surface area contributed by atoms with Crippen LogP contribution in [-0.2, 0) is 6.42 Å². The van der Waals surface area contributed by atoms with Crippen molar-refractivity contribution in [2.24, 2.45) is 4.99 Å². The molecule has 1 aromatic heterocycles. The number of aromatic amines is 1. The van der Waals surface area contributed by atoms with E-state index >= 15 is 0 Å². The standard InChI is InChI=1S/C16H24N4.HI/c1-4-10-18-16(17-3)19-11-9-13-12(2)20-15-8-6-5-7-14(13)15;/h5-8,20H,4,9-11H2,1-3H3,(H2,17,18,19);1H. The van der Waals surface area contributed by atoms with Crippen LogP contribution >= 0.6 is 24.0 Å². The average molecular weight is 400 g/mol. The molecule has 2 aromatic rings. The molecule has 4 nitrogen and oxygen atoms in total. The van der Waals surface area contributed by atoms with Crippen molar-refractivity contribution in [2.45, 2.75) is 26.7 Å². The second kappa shape index (κ2) is 8.92. The Labute approximate surface area is 143 Å². The van der Waals surface area contributed by atoms with E-state index in [1.165, 1.54) is 22.2 Å². The molecule has 0 aliphatic rings. The van der Waals surface area contributed by atoms with Gasteiger partial charge in [0.15, 0.2) is 5.96 Å². The van der Waals surface area contributed by atoms with Crippen LogP contribution in [-0.4, -0.2) is 31.1 Å². The minimum atomic E-state index is 0. The maximum atomic E-state index is 4.22. The van der Waals surface area contributed by atoms with Crippen LogP contribution in [0.15, 0.2) is 29.3 Å². The molecule has 0 bridgehead atoms. The van der Waals surface area contributed by atoms with Gasteiger partial charge in [0.25, 0.3) is 0 Å². The molecule has 0 spiro atoms. The van der Waals surface area contributed by atoms with E-state index in [4.69, 9.17) is 0 Å². The first-order valence-electron chi connectivity index (χ1n) is 7.27. The van der Waals surface area contributed by atoms with Gasteiger partial charge in [-0.15, -0.1) is 24.0 Å². The van der Waals surface area contributed by atoms with Crippen LogP contribution in [0, 0.1) is 6.92 Å². The Balaban J connectivity index is 0.00000220. The van der Waals surface area contributed by atoms with Crippen molar-refractivity contribution in [3.05, 3.63) is 35.5 Å². The van der Waals surface area contributed by atoms with Crippen LogP contribution in [0.1, 0.15) is 24.6 Å². The number of para-hydroxylation sites is 1. The number of H-pyrrole nitrogens is 1. The van der Waals surface area contributed by atoms with Gasteiger partial charge < -0.3 is 15.6 Å². The second-order valence-corrected chi connectivity index (χ2v) is 4.95. The Bertz CT molecular complexity index is 589. The second-order valence-electron chi connectivity index (χ2n) is 4.95. The summed E-state index contributed by atoms with van der Waals surface area (Å²) in [6.45, 7) is 6.12. The van der Waals surface area contributed by atoms with Gasteiger partial charge in [0.05, 0.1) is 0 Å². The quantitative estimate of drug-likeness (QED) is 0.410. The van der Waals surface area contributed by atoms with E-state index in [0.29, 0.717) is 0 Å². The van der Waals surface area contributed by atoms with E-state index in [1.807, 2.05) is 7.05 Å². The van der Waals surface area contributed by atoms with Crippen molar-refractivity contribution in [3.63, 3.8) is 0 Å². The minimum Gasteiger partial charge on any atom is -0.358 e. The van der Waals surface area contributed by atoms with Crippen LogP contribution in [0.5, 0.6) is 0 Å². The van der Waals surface area contributed by atoms with Gasteiger partial charge in [-0.25, -0.2) is 0 Å². The smallest absolute Gasteiger partial charge is 0.190 e. The van der Waals surface area contributed by atoms with Crippen LogP contribution in [0.4, 0.5) is 0 Å². The van der Waals surface area contributed by atoms with Crippen LogP contribution < -0.4 is 10.6 Å². The molecule has 0 atom stereocenters. The molecule has 0 fully saturated rings. The summed E-state index contributed by atoms with van der Waals surface area (Å²) in [7, 11) is 1.81. The number of hydrogen-bond donors (Lipinski definition) is 3.